The summed E-state index contributed by atoms with van der Waals surface area (Å²) in [4.78, 5) is 23.9. The van der Waals surface area contributed by atoms with Gasteiger partial charge in [0.1, 0.15) is 11.9 Å². The lowest BCUT2D eigenvalue weighted by molar-refractivity contribution is -0.140. The highest BCUT2D eigenvalue weighted by Gasteiger charge is 2.19. The first-order valence-electron chi connectivity index (χ1n) is 9.79. The molecule has 0 aliphatic heterocycles. The van der Waals surface area contributed by atoms with Crippen LogP contribution in [0.5, 0.6) is 5.75 Å². The molecule has 0 aliphatic carbocycles. The quantitative estimate of drug-likeness (QED) is 0.424. The van der Waals surface area contributed by atoms with Crippen LogP contribution in [-0.4, -0.2) is 32.2 Å². The number of rotatable bonds is 12. The second-order valence-electron chi connectivity index (χ2n) is 6.68. The van der Waals surface area contributed by atoms with Gasteiger partial charge < -0.3 is 19.5 Å². The first-order chi connectivity index (χ1) is 14.1. The minimum Gasteiger partial charge on any atom is -0.497 e. The number of methoxy groups -OCH3 is 2. The van der Waals surface area contributed by atoms with E-state index >= 15 is 0 Å². The standard InChI is InChI=1S/C23H29NO5/c1-27-20-15-13-18(14-16-20)17-29-21(11-7-4-8-12-22(25)28-2)23(26)24-19-9-5-3-6-10-19/h3,5-6,9-10,13-16,21H,4,7-8,11-12,17H2,1-2H3,(H,24,26)/t21-/m1/s1. The smallest absolute Gasteiger partial charge is 0.305 e. The zero-order valence-corrected chi connectivity index (χ0v) is 17.1. The highest BCUT2D eigenvalue weighted by molar-refractivity contribution is 5.94. The Labute approximate surface area is 172 Å². The lowest BCUT2D eigenvalue weighted by Crippen LogP contribution is -2.30. The monoisotopic (exact) mass is 399 g/mol. The third kappa shape index (κ3) is 8.35. The van der Waals surface area contributed by atoms with Gasteiger partial charge in [-0.05, 0) is 42.7 Å². The molecular weight excluding hydrogens is 370 g/mol. The molecule has 0 fully saturated rings. The molecule has 1 N–H and O–H groups in total. The molecule has 0 bridgehead atoms. The topological polar surface area (TPSA) is 73.9 Å². The highest BCUT2D eigenvalue weighted by Crippen LogP contribution is 2.16. The zero-order valence-electron chi connectivity index (χ0n) is 17.1. The van der Waals surface area contributed by atoms with Crippen LogP contribution in [0.1, 0.15) is 37.7 Å². The van der Waals surface area contributed by atoms with E-state index in [1.807, 2.05) is 54.6 Å². The third-order valence-corrected chi connectivity index (χ3v) is 4.52. The molecule has 2 aromatic rings. The predicted molar refractivity (Wildman–Crippen MR) is 112 cm³/mol. The minimum absolute atomic E-state index is 0.169. The number of esters is 1. The van der Waals surface area contributed by atoms with Crippen LogP contribution in [0.2, 0.25) is 0 Å². The number of para-hydroxylation sites is 1. The maximum Gasteiger partial charge on any atom is 0.305 e. The van der Waals surface area contributed by atoms with Crippen LogP contribution in [-0.2, 0) is 25.7 Å². The number of amides is 1. The van der Waals surface area contributed by atoms with Gasteiger partial charge in [-0.3, -0.25) is 9.59 Å². The number of hydrogen-bond acceptors (Lipinski definition) is 5. The van der Waals surface area contributed by atoms with Crippen molar-refractivity contribution in [2.75, 3.05) is 19.5 Å². The SMILES string of the molecule is COC(=O)CCCCC[C@@H](OCc1ccc(OC)cc1)C(=O)Nc1ccccc1. The predicted octanol–water partition coefficient (Wildman–Crippen LogP) is 4.34. The first kappa shape index (κ1) is 22.4. The van der Waals surface area contributed by atoms with Gasteiger partial charge in [0.05, 0.1) is 20.8 Å². The van der Waals surface area contributed by atoms with Crippen molar-refractivity contribution in [1.82, 2.24) is 0 Å². The van der Waals surface area contributed by atoms with Crippen LogP contribution in [0.4, 0.5) is 5.69 Å². The third-order valence-electron chi connectivity index (χ3n) is 4.52. The van der Waals surface area contributed by atoms with Crippen LogP contribution in [0.3, 0.4) is 0 Å². The fourth-order valence-electron chi connectivity index (χ4n) is 2.83. The van der Waals surface area contributed by atoms with Crippen molar-refractivity contribution < 1.29 is 23.8 Å². The Hall–Kier alpha value is -2.86. The highest BCUT2D eigenvalue weighted by atomic mass is 16.5. The molecule has 156 valence electrons. The van der Waals surface area contributed by atoms with E-state index in [1.165, 1.54) is 7.11 Å². The van der Waals surface area contributed by atoms with Gasteiger partial charge in [0.25, 0.3) is 5.91 Å². The van der Waals surface area contributed by atoms with Crippen molar-refractivity contribution in [3.63, 3.8) is 0 Å². The molecule has 0 unspecified atom stereocenters. The van der Waals surface area contributed by atoms with Crippen LogP contribution in [0, 0.1) is 0 Å². The molecule has 0 saturated heterocycles. The van der Waals surface area contributed by atoms with Crippen LogP contribution in [0.15, 0.2) is 54.6 Å². The molecule has 29 heavy (non-hydrogen) atoms. The lowest BCUT2D eigenvalue weighted by Gasteiger charge is -2.18. The van der Waals surface area contributed by atoms with E-state index in [4.69, 9.17) is 9.47 Å². The fraction of sp³-hybridized carbons (Fsp3) is 0.391. The van der Waals surface area contributed by atoms with Crippen LogP contribution in [0.25, 0.3) is 0 Å². The molecule has 0 aromatic heterocycles. The molecule has 0 radical (unpaired) electrons. The largest absolute Gasteiger partial charge is 0.497 e. The van der Waals surface area contributed by atoms with Crippen molar-refractivity contribution in [2.24, 2.45) is 0 Å². The summed E-state index contributed by atoms with van der Waals surface area (Å²) in [6.45, 7) is 0.332. The summed E-state index contributed by atoms with van der Waals surface area (Å²) < 4.78 is 15.8. The number of benzene rings is 2. The maximum absolute atomic E-state index is 12.7. The summed E-state index contributed by atoms with van der Waals surface area (Å²) in [7, 11) is 3.01. The molecule has 2 rings (SSSR count). The summed E-state index contributed by atoms with van der Waals surface area (Å²) in [5.41, 5.74) is 1.70. The van der Waals surface area contributed by atoms with E-state index in [0.29, 0.717) is 19.4 Å². The number of carbonyl (C=O) groups excluding carboxylic acids is 2. The number of ether oxygens (including phenoxy) is 3. The van der Waals surface area contributed by atoms with E-state index in [2.05, 4.69) is 10.1 Å². The Morgan fingerprint density at radius 1 is 0.931 bits per heavy atom. The minimum atomic E-state index is -0.574. The normalized spacial score (nSPS) is 11.5. The molecule has 2 aromatic carbocycles. The van der Waals surface area contributed by atoms with Gasteiger partial charge in [0, 0.05) is 12.1 Å². The molecule has 6 heteroatoms. The zero-order chi connectivity index (χ0) is 20.9. The summed E-state index contributed by atoms with van der Waals surface area (Å²) in [6, 6.07) is 16.9. The fourth-order valence-corrected chi connectivity index (χ4v) is 2.83. The maximum atomic E-state index is 12.7. The van der Waals surface area contributed by atoms with Gasteiger partial charge in [0.2, 0.25) is 0 Å². The molecule has 0 saturated carbocycles. The van der Waals surface area contributed by atoms with Crippen LogP contribution < -0.4 is 10.1 Å². The lowest BCUT2D eigenvalue weighted by atomic mass is 10.1. The van der Waals surface area contributed by atoms with Gasteiger partial charge in [0.15, 0.2) is 0 Å². The first-order valence-corrected chi connectivity index (χ1v) is 9.79. The number of unbranched alkanes of at least 4 members (excludes halogenated alkanes) is 2. The van der Waals surface area contributed by atoms with Gasteiger partial charge in [-0.2, -0.15) is 0 Å². The van der Waals surface area contributed by atoms with Gasteiger partial charge in [-0.15, -0.1) is 0 Å². The Kier molecular flexibility index (Phi) is 9.72. The Morgan fingerprint density at radius 3 is 2.31 bits per heavy atom. The van der Waals surface area contributed by atoms with E-state index < -0.39 is 6.10 Å². The van der Waals surface area contributed by atoms with E-state index in [1.54, 1.807) is 7.11 Å². The summed E-state index contributed by atoms with van der Waals surface area (Å²) >= 11 is 0. The van der Waals surface area contributed by atoms with E-state index in [-0.39, 0.29) is 11.9 Å². The van der Waals surface area contributed by atoms with Gasteiger partial charge in [-0.25, -0.2) is 0 Å². The average Bonchev–Trinajstić information content (AvgIpc) is 2.76. The second kappa shape index (κ2) is 12.6. The summed E-state index contributed by atoms with van der Waals surface area (Å²) in [5, 5.41) is 2.91. The number of carbonyl (C=O) groups is 2. The van der Waals surface area contributed by atoms with Crippen molar-refractivity contribution in [1.29, 1.82) is 0 Å². The Balaban J connectivity index is 1.90. The second-order valence-corrected chi connectivity index (χ2v) is 6.68. The van der Waals surface area contributed by atoms with E-state index in [9.17, 15) is 9.59 Å². The average molecular weight is 399 g/mol. The van der Waals surface area contributed by atoms with Crippen molar-refractivity contribution in [3.05, 3.63) is 60.2 Å². The molecule has 6 nitrogen and oxygen atoms in total. The Morgan fingerprint density at radius 2 is 1.66 bits per heavy atom. The van der Waals surface area contributed by atoms with Crippen molar-refractivity contribution in [3.8, 4) is 5.75 Å². The molecule has 0 aliphatic rings. The molecule has 0 heterocycles. The van der Waals surface area contributed by atoms with Gasteiger partial charge in [-0.1, -0.05) is 43.2 Å². The summed E-state index contributed by atoms with van der Waals surface area (Å²) in [6.07, 6.45) is 2.75. The van der Waals surface area contributed by atoms with Gasteiger partial charge >= 0.3 is 5.97 Å². The number of anilines is 1. The van der Waals surface area contributed by atoms with Crippen molar-refractivity contribution in [2.45, 2.75) is 44.8 Å². The molecular formula is C23H29NO5. The molecule has 1 amide bonds. The van der Waals surface area contributed by atoms with E-state index in [0.717, 1.165) is 36.3 Å². The van der Waals surface area contributed by atoms with Crippen LogP contribution >= 0.6 is 0 Å². The molecule has 1 atom stereocenters. The molecule has 0 spiro atoms. The summed E-state index contributed by atoms with van der Waals surface area (Å²) in [5.74, 6) is 0.398. The number of nitrogens with one attached hydrogen (secondary N) is 1. The number of hydrogen-bond donors (Lipinski definition) is 1. The van der Waals surface area contributed by atoms with Crippen molar-refractivity contribution >= 4 is 17.6 Å². The Bertz CT molecular complexity index is 746.